The molecular formula is C23H30N2O3. The van der Waals surface area contributed by atoms with Crippen LogP contribution >= 0.6 is 0 Å². The molecule has 2 aromatic carbocycles. The maximum Gasteiger partial charge on any atom is 0.240 e. The Morgan fingerprint density at radius 3 is 2.25 bits per heavy atom. The van der Waals surface area contributed by atoms with Crippen LogP contribution in [0.4, 0.5) is 5.69 Å². The predicted molar refractivity (Wildman–Crippen MR) is 113 cm³/mol. The Hall–Kier alpha value is -2.82. The number of amides is 2. The summed E-state index contributed by atoms with van der Waals surface area (Å²) in [5.41, 5.74) is 2.98. The van der Waals surface area contributed by atoms with Gasteiger partial charge in [-0.1, -0.05) is 51.1 Å². The Labute approximate surface area is 167 Å². The second-order valence-corrected chi connectivity index (χ2v) is 7.81. The topological polar surface area (TPSA) is 58.6 Å². The van der Waals surface area contributed by atoms with Gasteiger partial charge in [0.1, 0.15) is 12.3 Å². The highest BCUT2D eigenvalue weighted by Crippen LogP contribution is 2.25. The molecule has 0 aliphatic carbocycles. The molecule has 0 aromatic heterocycles. The third-order valence-electron chi connectivity index (χ3n) is 4.64. The summed E-state index contributed by atoms with van der Waals surface area (Å²) in [4.78, 5) is 25.9. The van der Waals surface area contributed by atoms with E-state index in [9.17, 15) is 9.59 Å². The van der Waals surface area contributed by atoms with Crippen LogP contribution in [-0.2, 0) is 21.4 Å². The lowest BCUT2D eigenvalue weighted by Crippen LogP contribution is -2.40. The van der Waals surface area contributed by atoms with Crippen molar-refractivity contribution >= 4 is 17.5 Å². The minimum Gasteiger partial charge on any atom is -0.496 e. The van der Waals surface area contributed by atoms with Gasteiger partial charge < -0.3 is 15.0 Å². The molecule has 0 aliphatic rings. The SMILES string of the molecule is COc1ccccc1CCNC(=O)CN(C(C)=O)c1ccc(C(C)(C)C)cc1. The third kappa shape index (κ3) is 5.84. The first-order chi connectivity index (χ1) is 13.2. The van der Waals surface area contributed by atoms with E-state index in [4.69, 9.17) is 4.74 Å². The molecule has 0 saturated heterocycles. The highest BCUT2D eigenvalue weighted by molar-refractivity contribution is 5.97. The first-order valence-electron chi connectivity index (χ1n) is 9.49. The number of hydrogen-bond donors (Lipinski definition) is 1. The Balaban J connectivity index is 1.96. The van der Waals surface area contributed by atoms with Gasteiger partial charge >= 0.3 is 0 Å². The largest absolute Gasteiger partial charge is 0.496 e. The van der Waals surface area contributed by atoms with Crippen LogP contribution in [0.1, 0.15) is 38.8 Å². The number of anilines is 1. The van der Waals surface area contributed by atoms with E-state index in [1.807, 2.05) is 48.5 Å². The zero-order chi connectivity index (χ0) is 20.7. The van der Waals surface area contributed by atoms with Crippen molar-refractivity contribution in [2.75, 3.05) is 25.1 Å². The van der Waals surface area contributed by atoms with Crippen LogP contribution in [0.25, 0.3) is 0 Å². The number of nitrogens with zero attached hydrogens (tertiary/aromatic N) is 1. The summed E-state index contributed by atoms with van der Waals surface area (Å²) in [5, 5.41) is 2.88. The molecule has 28 heavy (non-hydrogen) atoms. The first-order valence-corrected chi connectivity index (χ1v) is 9.49. The molecule has 0 radical (unpaired) electrons. The molecule has 2 amide bonds. The molecule has 0 atom stereocenters. The van der Waals surface area contributed by atoms with Gasteiger partial charge in [-0.2, -0.15) is 0 Å². The summed E-state index contributed by atoms with van der Waals surface area (Å²) in [6, 6.07) is 15.5. The fraction of sp³-hybridized carbons (Fsp3) is 0.391. The molecule has 0 fully saturated rings. The third-order valence-corrected chi connectivity index (χ3v) is 4.64. The molecule has 1 N–H and O–H groups in total. The molecule has 5 nitrogen and oxygen atoms in total. The van der Waals surface area contributed by atoms with Gasteiger partial charge in [0.25, 0.3) is 0 Å². The van der Waals surface area contributed by atoms with Crippen molar-refractivity contribution in [3.8, 4) is 5.75 Å². The summed E-state index contributed by atoms with van der Waals surface area (Å²) in [5.74, 6) is 0.453. The second kappa shape index (κ2) is 9.40. The lowest BCUT2D eigenvalue weighted by Gasteiger charge is -2.23. The average Bonchev–Trinajstić information content (AvgIpc) is 2.65. The van der Waals surface area contributed by atoms with Gasteiger partial charge in [0.05, 0.1) is 7.11 Å². The highest BCUT2D eigenvalue weighted by atomic mass is 16.5. The Kier molecular flexibility index (Phi) is 7.21. The Bertz CT molecular complexity index is 807. The van der Waals surface area contributed by atoms with E-state index in [1.165, 1.54) is 17.4 Å². The van der Waals surface area contributed by atoms with E-state index in [-0.39, 0.29) is 23.8 Å². The van der Waals surface area contributed by atoms with Crippen molar-refractivity contribution in [3.05, 3.63) is 59.7 Å². The lowest BCUT2D eigenvalue weighted by atomic mass is 9.87. The zero-order valence-electron chi connectivity index (χ0n) is 17.4. The number of rotatable bonds is 7. The second-order valence-electron chi connectivity index (χ2n) is 7.81. The molecule has 2 aromatic rings. The monoisotopic (exact) mass is 382 g/mol. The van der Waals surface area contributed by atoms with Gasteiger partial charge in [-0.05, 0) is 41.2 Å². The molecule has 0 unspecified atom stereocenters. The fourth-order valence-corrected chi connectivity index (χ4v) is 2.97. The smallest absolute Gasteiger partial charge is 0.240 e. The van der Waals surface area contributed by atoms with Crippen molar-refractivity contribution in [2.24, 2.45) is 0 Å². The number of methoxy groups -OCH3 is 1. The summed E-state index contributed by atoms with van der Waals surface area (Å²) >= 11 is 0. The van der Waals surface area contributed by atoms with Crippen LogP contribution in [0.15, 0.2) is 48.5 Å². The van der Waals surface area contributed by atoms with Gasteiger partial charge in [-0.15, -0.1) is 0 Å². The van der Waals surface area contributed by atoms with Gasteiger partial charge in [-0.25, -0.2) is 0 Å². The van der Waals surface area contributed by atoms with Gasteiger partial charge in [0.2, 0.25) is 11.8 Å². The van der Waals surface area contributed by atoms with Crippen LogP contribution in [0.5, 0.6) is 5.75 Å². The minimum atomic E-state index is -0.190. The van der Waals surface area contributed by atoms with Crippen molar-refractivity contribution in [3.63, 3.8) is 0 Å². The maximum absolute atomic E-state index is 12.4. The number of nitrogens with one attached hydrogen (secondary N) is 1. The molecule has 5 heteroatoms. The molecule has 0 spiro atoms. The van der Waals surface area contributed by atoms with Crippen molar-refractivity contribution in [1.29, 1.82) is 0 Å². The molecule has 0 bridgehead atoms. The lowest BCUT2D eigenvalue weighted by molar-refractivity contribution is -0.123. The number of carbonyl (C=O) groups is 2. The number of para-hydroxylation sites is 1. The number of ether oxygens (including phenoxy) is 1. The molecule has 0 aliphatic heterocycles. The number of hydrogen-bond acceptors (Lipinski definition) is 3. The highest BCUT2D eigenvalue weighted by Gasteiger charge is 2.18. The molecule has 2 rings (SSSR count). The van der Waals surface area contributed by atoms with Crippen molar-refractivity contribution < 1.29 is 14.3 Å². The average molecular weight is 383 g/mol. The van der Waals surface area contributed by atoms with Gasteiger partial charge in [0.15, 0.2) is 0 Å². The first kappa shape index (κ1) is 21.5. The zero-order valence-corrected chi connectivity index (χ0v) is 17.4. The molecule has 0 saturated carbocycles. The standard InChI is InChI=1S/C23H30N2O3/c1-17(26)25(20-12-10-19(11-13-20)23(2,3)4)16-22(27)24-15-14-18-8-6-7-9-21(18)28-5/h6-13H,14-16H2,1-5H3,(H,24,27). The molecule has 0 heterocycles. The van der Waals surface area contributed by atoms with Crippen LogP contribution in [0.3, 0.4) is 0 Å². The van der Waals surface area contributed by atoms with E-state index >= 15 is 0 Å². The van der Waals surface area contributed by atoms with Crippen molar-refractivity contribution in [2.45, 2.75) is 39.5 Å². The number of benzene rings is 2. The Morgan fingerprint density at radius 2 is 1.68 bits per heavy atom. The molecular weight excluding hydrogens is 352 g/mol. The normalized spacial score (nSPS) is 11.0. The summed E-state index contributed by atoms with van der Waals surface area (Å²) in [6.45, 7) is 8.36. The van der Waals surface area contributed by atoms with Crippen LogP contribution in [-0.4, -0.2) is 32.0 Å². The Morgan fingerprint density at radius 1 is 1.04 bits per heavy atom. The number of carbonyl (C=O) groups excluding carboxylic acids is 2. The van der Waals surface area contributed by atoms with Gasteiger partial charge in [0, 0.05) is 19.2 Å². The van der Waals surface area contributed by atoms with Crippen LogP contribution in [0.2, 0.25) is 0 Å². The summed E-state index contributed by atoms with van der Waals surface area (Å²) in [6.07, 6.45) is 0.663. The minimum absolute atomic E-state index is 0.00385. The maximum atomic E-state index is 12.4. The van der Waals surface area contributed by atoms with Crippen LogP contribution in [0, 0.1) is 0 Å². The predicted octanol–water partition coefficient (Wildman–Crippen LogP) is 3.70. The fourth-order valence-electron chi connectivity index (χ4n) is 2.97. The molecule has 150 valence electrons. The quantitative estimate of drug-likeness (QED) is 0.794. The van der Waals surface area contributed by atoms with Crippen molar-refractivity contribution in [1.82, 2.24) is 5.32 Å². The van der Waals surface area contributed by atoms with E-state index in [2.05, 4.69) is 26.1 Å². The van der Waals surface area contributed by atoms with Crippen LogP contribution < -0.4 is 15.0 Å². The van der Waals surface area contributed by atoms with E-state index in [0.29, 0.717) is 13.0 Å². The van der Waals surface area contributed by atoms with Gasteiger partial charge in [-0.3, -0.25) is 9.59 Å². The van der Waals surface area contributed by atoms with E-state index in [0.717, 1.165) is 17.0 Å². The van der Waals surface area contributed by atoms with E-state index in [1.54, 1.807) is 7.11 Å². The summed E-state index contributed by atoms with van der Waals surface area (Å²) < 4.78 is 5.32. The summed E-state index contributed by atoms with van der Waals surface area (Å²) in [7, 11) is 1.63. The van der Waals surface area contributed by atoms with E-state index < -0.39 is 0 Å².